The molecule has 2 atom stereocenters. The zero-order chi connectivity index (χ0) is 24.4. The third-order valence-corrected chi connectivity index (χ3v) is 8.59. The Labute approximate surface area is 211 Å². The van der Waals surface area contributed by atoms with Crippen molar-refractivity contribution in [3.8, 4) is 11.8 Å². The molecule has 0 radical (unpaired) electrons. The fourth-order valence-corrected chi connectivity index (χ4v) is 6.56. The fourth-order valence-electron chi connectivity index (χ4n) is 5.46. The van der Waals surface area contributed by atoms with Gasteiger partial charge in [0, 0.05) is 41.1 Å². The Morgan fingerprint density at radius 1 is 1.00 bits per heavy atom. The number of nitriles is 1. The monoisotopic (exact) mass is 482 g/mol. The van der Waals surface area contributed by atoms with Gasteiger partial charge in [-0.15, -0.1) is 11.8 Å². The molecular formula is C30H30N2O2S. The van der Waals surface area contributed by atoms with Crippen molar-refractivity contribution >= 4 is 17.7 Å². The molecule has 35 heavy (non-hydrogen) atoms. The Hall–Kier alpha value is -3.23. The predicted octanol–water partition coefficient (Wildman–Crippen LogP) is 6.68. The van der Waals surface area contributed by atoms with Crippen LogP contribution in [0.5, 0.6) is 5.75 Å². The molecule has 0 N–H and O–H groups in total. The number of benzene rings is 3. The van der Waals surface area contributed by atoms with Crippen molar-refractivity contribution in [1.82, 2.24) is 4.90 Å². The summed E-state index contributed by atoms with van der Waals surface area (Å²) in [4.78, 5) is 16.9. The van der Waals surface area contributed by atoms with Gasteiger partial charge >= 0.3 is 0 Å². The van der Waals surface area contributed by atoms with Crippen LogP contribution < -0.4 is 4.74 Å². The number of ether oxygens (including phenoxy) is 1. The normalized spacial score (nSPS) is 20.9. The van der Waals surface area contributed by atoms with Gasteiger partial charge in [-0.25, -0.2) is 0 Å². The van der Waals surface area contributed by atoms with E-state index in [1.807, 2.05) is 36.0 Å². The van der Waals surface area contributed by atoms with Gasteiger partial charge in [0.1, 0.15) is 11.9 Å². The molecule has 1 amide bonds. The maximum absolute atomic E-state index is 13.4. The first-order chi connectivity index (χ1) is 17.0. The Morgan fingerprint density at radius 3 is 2.31 bits per heavy atom. The lowest BCUT2D eigenvalue weighted by Gasteiger charge is -2.39. The van der Waals surface area contributed by atoms with Crippen LogP contribution in [0.25, 0.3) is 0 Å². The SMILES string of the molecule is Cc1cccc(C)c1SCc1ccc(C(=O)N2[C@H]3CC[C@H]2CC(Oc2cccc(C#N)c2)C3)cc1. The molecule has 0 aliphatic carbocycles. The summed E-state index contributed by atoms with van der Waals surface area (Å²) in [5.74, 6) is 1.76. The summed E-state index contributed by atoms with van der Waals surface area (Å²) in [5.41, 5.74) is 5.21. The number of aryl methyl sites for hydroxylation is 2. The first-order valence-electron chi connectivity index (χ1n) is 12.3. The van der Waals surface area contributed by atoms with Gasteiger partial charge in [-0.3, -0.25) is 4.79 Å². The molecule has 3 aromatic rings. The summed E-state index contributed by atoms with van der Waals surface area (Å²) >= 11 is 1.86. The van der Waals surface area contributed by atoms with Gasteiger partial charge in [0.2, 0.25) is 0 Å². The number of nitrogens with zero attached hydrogens (tertiary/aromatic N) is 2. The standard InChI is InChI=1S/C30H30N2O2S/c1-20-5-3-6-21(2)29(20)35-19-22-9-11-24(12-10-22)30(33)32-25-13-14-26(32)17-28(16-25)34-27-8-4-7-23(15-27)18-31/h3-12,15,25-26,28H,13-14,16-17,19H2,1-2H3/t25-,26-/m0/s1. The Balaban J connectivity index is 1.21. The van der Waals surface area contributed by atoms with E-state index in [1.54, 1.807) is 12.1 Å². The summed E-state index contributed by atoms with van der Waals surface area (Å²) < 4.78 is 6.22. The highest BCUT2D eigenvalue weighted by Gasteiger charge is 2.44. The van der Waals surface area contributed by atoms with Crippen LogP contribution in [0.3, 0.4) is 0 Å². The van der Waals surface area contributed by atoms with Gasteiger partial charge in [0.05, 0.1) is 11.6 Å². The van der Waals surface area contributed by atoms with Gasteiger partial charge in [-0.05, 0) is 73.7 Å². The van der Waals surface area contributed by atoms with Crippen molar-refractivity contribution < 1.29 is 9.53 Å². The number of piperidine rings is 1. The van der Waals surface area contributed by atoms with E-state index in [1.165, 1.54) is 21.6 Å². The minimum Gasteiger partial charge on any atom is -0.490 e. The zero-order valence-corrected chi connectivity index (χ0v) is 21.1. The smallest absolute Gasteiger partial charge is 0.254 e. The van der Waals surface area contributed by atoms with Crippen LogP contribution in [0.15, 0.2) is 71.6 Å². The highest BCUT2D eigenvalue weighted by atomic mass is 32.2. The lowest BCUT2D eigenvalue weighted by molar-refractivity contribution is 0.0359. The molecule has 4 nitrogen and oxygen atoms in total. The number of fused-ring (bicyclic) bond motifs is 2. The molecule has 2 saturated heterocycles. The van der Waals surface area contributed by atoms with Gasteiger partial charge in [0.15, 0.2) is 0 Å². The summed E-state index contributed by atoms with van der Waals surface area (Å²) in [6.07, 6.45) is 3.81. The number of rotatable bonds is 6. The predicted molar refractivity (Wildman–Crippen MR) is 140 cm³/mol. The third kappa shape index (κ3) is 5.09. The molecule has 3 aromatic carbocycles. The Kier molecular flexibility index (Phi) is 6.83. The van der Waals surface area contributed by atoms with Crippen LogP contribution in [0.2, 0.25) is 0 Å². The third-order valence-electron chi connectivity index (χ3n) is 7.18. The van der Waals surface area contributed by atoms with Crippen molar-refractivity contribution in [3.05, 3.63) is 94.5 Å². The molecule has 2 bridgehead atoms. The van der Waals surface area contributed by atoms with Gasteiger partial charge < -0.3 is 9.64 Å². The molecule has 2 fully saturated rings. The topological polar surface area (TPSA) is 53.3 Å². The quantitative estimate of drug-likeness (QED) is 0.368. The summed E-state index contributed by atoms with van der Waals surface area (Å²) in [6, 6.07) is 24.5. The highest BCUT2D eigenvalue weighted by molar-refractivity contribution is 7.98. The van der Waals surface area contributed by atoms with Crippen LogP contribution in [-0.2, 0) is 5.75 Å². The van der Waals surface area contributed by atoms with Crippen LogP contribution in [0, 0.1) is 25.2 Å². The van der Waals surface area contributed by atoms with Gasteiger partial charge in [-0.1, -0.05) is 36.4 Å². The average Bonchev–Trinajstić information content (AvgIpc) is 3.14. The second-order valence-corrected chi connectivity index (χ2v) is 10.6. The first-order valence-corrected chi connectivity index (χ1v) is 13.3. The molecule has 178 valence electrons. The number of hydrogen-bond acceptors (Lipinski definition) is 4. The molecule has 5 rings (SSSR count). The first kappa shape index (κ1) is 23.5. The maximum Gasteiger partial charge on any atom is 0.254 e. The lowest BCUT2D eigenvalue weighted by Crippen LogP contribution is -2.49. The second kappa shape index (κ2) is 10.2. The van der Waals surface area contributed by atoms with Crippen molar-refractivity contribution in [3.63, 3.8) is 0 Å². The van der Waals surface area contributed by atoms with E-state index in [0.29, 0.717) is 5.56 Å². The number of hydrogen-bond donors (Lipinski definition) is 0. The van der Waals surface area contributed by atoms with Crippen LogP contribution in [-0.4, -0.2) is 29.0 Å². The largest absolute Gasteiger partial charge is 0.490 e. The van der Waals surface area contributed by atoms with E-state index in [4.69, 9.17) is 10.00 Å². The van der Waals surface area contributed by atoms with Crippen molar-refractivity contribution in [2.45, 2.75) is 68.4 Å². The molecule has 2 aliphatic rings. The molecule has 0 spiro atoms. The molecule has 5 heteroatoms. The number of carbonyl (C=O) groups excluding carboxylic acids is 1. The number of amides is 1. The molecule has 0 aromatic heterocycles. The van der Waals surface area contributed by atoms with Crippen molar-refractivity contribution in [2.75, 3.05) is 0 Å². The van der Waals surface area contributed by atoms with E-state index in [0.717, 1.165) is 42.7 Å². The van der Waals surface area contributed by atoms with E-state index in [2.05, 4.69) is 55.1 Å². The molecular weight excluding hydrogens is 452 g/mol. The fraction of sp³-hybridized carbons (Fsp3) is 0.333. The highest BCUT2D eigenvalue weighted by Crippen LogP contribution is 2.38. The van der Waals surface area contributed by atoms with E-state index in [9.17, 15) is 4.79 Å². The van der Waals surface area contributed by atoms with Gasteiger partial charge in [-0.2, -0.15) is 5.26 Å². The molecule has 0 saturated carbocycles. The van der Waals surface area contributed by atoms with Crippen molar-refractivity contribution in [1.29, 1.82) is 5.26 Å². The maximum atomic E-state index is 13.4. The molecule has 2 heterocycles. The van der Waals surface area contributed by atoms with E-state index < -0.39 is 0 Å². The lowest BCUT2D eigenvalue weighted by atomic mass is 9.98. The zero-order valence-electron chi connectivity index (χ0n) is 20.2. The average molecular weight is 483 g/mol. The van der Waals surface area contributed by atoms with Crippen LogP contribution in [0.4, 0.5) is 0 Å². The van der Waals surface area contributed by atoms with Crippen LogP contribution >= 0.6 is 11.8 Å². The van der Waals surface area contributed by atoms with Crippen molar-refractivity contribution in [2.24, 2.45) is 0 Å². The summed E-state index contributed by atoms with van der Waals surface area (Å²) in [6.45, 7) is 4.31. The summed E-state index contributed by atoms with van der Waals surface area (Å²) in [7, 11) is 0. The number of thioether (sulfide) groups is 1. The van der Waals surface area contributed by atoms with Crippen LogP contribution in [0.1, 0.15) is 58.3 Å². The van der Waals surface area contributed by atoms with Gasteiger partial charge in [0.25, 0.3) is 5.91 Å². The van der Waals surface area contributed by atoms with E-state index in [-0.39, 0.29) is 24.1 Å². The molecule has 2 aliphatic heterocycles. The summed E-state index contributed by atoms with van der Waals surface area (Å²) in [5, 5.41) is 9.14. The minimum absolute atomic E-state index is 0.0785. The Bertz CT molecular complexity index is 1230. The van der Waals surface area contributed by atoms with E-state index >= 15 is 0 Å². The minimum atomic E-state index is 0.0785. The number of carbonyl (C=O) groups is 1. The molecule has 0 unspecified atom stereocenters. The second-order valence-electron chi connectivity index (χ2n) is 9.65. The Morgan fingerprint density at radius 2 is 1.66 bits per heavy atom.